The van der Waals surface area contributed by atoms with E-state index in [2.05, 4.69) is 44.7 Å². The summed E-state index contributed by atoms with van der Waals surface area (Å²) < 4.78 is 0. The van der Waals surface area contributed by atoms with Gasteiger partial charge < -0.3 is 10.6 Å². The van der Waals surface area contributed by atoms with Crippen molar-refractivity contribution in [3.05, 3.63) is 0 Å². The number of nitrogens with two attached hydrogens (primary N) is 1. The molecule has 0 saturated heterocycles. The van der Waals surface area contributed by atoms with Crippen molar-refractivity contribution in [2.75, 3.05) is 33.7 Å². The maximum absolute atomic E-state index is 6.38. The summed E-state index contributed by atoms with van der Waals surface area (Å²) in [5, 5.41) is 0. The molecule has 0 aromatic heterocycles. The lowest BCUT2D eigenvalue weighted by atomic mass is 9.72. The van der Waals surface area contributed by atoms with E-state index < -0.39 is 0 Å². The van der Waals surface area contributed by atoms with Gasteiger partial charge >= 0.3 is 0 Å². The lowest BCUT2D eigenvalue weighted by Gasteiger charge is -2.45. The molecule has 1 aliphatic carbocycles. The van der Waals surface area contributed by atoms with Gasteiger partial charge in [-0.1, -0.05) is 20.8 Å². The van der Waals surface area contributed by atoms with Crippen LogP contribution in [0.2, 0.25) is 0 Å². The van der Waals surface area contributed by atoms with Crippen molar-refractivity contribution in [3.8, 4) is 0 Å². The number of likely N-dealkylation sites (N-methyl/N-ethyl adjacent to an activating group) is 1. The molecule has 1 rings (SSSR count). The van der Waals surface area contributed by atoms with Gasteiger partial charge in [0.2, 0.25) is 0 Å². The van der Waals surface area contributed by atoms with Crippen LogP contribution in [-0.4, -0.2) is 55.6 Å². The number of hydrogen-bond acceptors (Lipinski definition) is 3. The van der Waals surface area contributed by atoms with Crippen LogP contribution in [0, 0.1) is 5.41 Å². The summed E-state index contributed by atoms with van der Waals surface area (Å²) in [7, 11) is 4.30. The fraction of sp³-hybridized carbons (Fsp3) is 1.00. The minimum atomic E-state index is 0.367. The van der Waals surface area contributed by atoms with Crippen molar-refractivity contribution in [1.29, 1.82) is 0 Å². The number of rotatable bonds is 6. The van der Waals surface area contributed by atoms with Crippen molar-refractivity contribution in [3.63, 3.8) is 0 Å². The predicted molar refractivity (Wildman–Crippen MR) is 79.8 cm³/mol. The Labute approximate surface area is 114 Å². The molecule has 2 N–H and O–H groups in total. The van der Waals surface area contributed by atoms with Crippen LogP contribution < -0.4 is 5.73 Å². The third-order valence-electron chi connectivity index (χ3n) is 4.22. The second-order valence-corrected chi connectivity index (χ2v) is 6.98. The Balaban J connectivity index is 2.63. The Kier molecular flexibility index (Phi) is 6.09. The van der Waals surface area contributed by atoms with E-state index in [9.17, 15) is 0 Å². The summed E-state index contributed by atoms with van der Waals surface area (Å²) in [5.74, 6) is 0. The number of nitrogens with zero attached hydrogens (tertiary/aromatic N) is 2. The normalized spacial score (nSPS) is 28.0. The van der Waals surface area contributed by atoms with E-state index in [0.29, 0.717) is 17.5 Å². The molecule has 1 fully saturated rings. The third kappa shape index (κ3) is 4.87. The molecule has 0 aromatic carbocycles. The van der Waals surface area contributed by atoms with E-state index in [1.807, 2.05) is 0 Å². The smallest absolute Gasteiger partial charge is 0.0252 e. The van der Waals surface area contributed by atoms with Crippen LogP contribution in [0.25, 0.3) is 0 Å². The monoisotopic (exact) mass is 255 g/mol. The first kappa shape index (κ1) is 15.9. The SMILES string of the molecule is CCCN(CCN(C)C)C1CC(C)(C)CCC1N. The average molecular weight is 255 g/mol. The van der Waals surface area contributed by atoms with E-state index in [1.54, 1.807) is 0 Å². The first-order valence-electron chi connectivity index (χ1n) is 7.50. The Morgan fingerprint density at radius 1 is 1.17 bits per heavy atom. The maximum atomic E-state index is 6.38. The highest BCUT2D eigenvalue weighted by Gasteiger charge is 2.35. The molecular formula is C15H33N3. The fourth-order valence-electron chi connectivity index (χ4n) is 3.03. The predicted octanol–water partition coefficient (Wildman–Crippen LogP) is 2.17. The third-order valence-corrected chi connectivity index (χ3v) is 4.22. The largest absolute Gasteiger partial charge is 0.326 e. The first-order valence-corrected chi connectivity index (χ1v) is 7.50. The average Bonchev–Trinajstić information content (AvgIpc) is 2.27. The molecule has 0 heterocycles. The second-order valence-electron chi connectivity index (χ2n) is 6.98. The van der Waals surface area contributed by atoms with Crippen LogP contribution in [0.15, 0.2) is 0 Å². The van der Waals surface area contributed by atoms with Crippen LogP contribution in [-0.2, 0) is 0 Å². The van der Waals surface area contributed by atoms with Gasteiger partial charge in [-0.15, -0.1) is 0 Å². The molecule has 0 aliphatic heterocycles. The molecule has 2 atom stereocenters. The van der Waals surface area contributed by atoms with E-state index >= 15 is 0 Å². The van der Waals surface area contributed by atoms with E-state index in [4.69, 9.17) is 5.73 Å². The molecule has 3 heteroatoms. The van der Waals surface area contributed by atoms with Crippen LogP contribution in [0.3, 0.4) is 0 Å². The Morgan fingerprint density at radius 3 is 2.39 bits per heavy atom. The molecule has 0 radical (unpaired) electrons. The van der Waals surface area contributed by atoms with Crippen LogP contribution in [0.5, 0.6) is 0 Å². The molecule has 0 amide bonds. The van der Waals surface area contributed by atoms with Crippen molar-refractivity contribution >= 4 is 0 Å². The second kappa shape index (κ2) is 6.88. The standard InChI is InChI=1S/C15H33N3/c1-6-9-18(11-10-17(4)5)14-12-15(2,3)8-7-13(14)16/h13-14H,6-12,16H2,1-5H3. The summed E-state index contributed by atoms with van der Waals surface area (Å²) in [6.45, 7) is 10.5. The van der Waals surface area contributed by atoms with Crippen molar-refractivity contribution in [1.82, 2.24) is 9.80 Å². The lowest BCUT2D eigenvalue weighted by Crippen LogP contribution is -2.54. The van der Waals surface area contributed by atoms with Gasteiger partial charge in [0.15, 0.2) is 0 Å². The van der Waals surface area contributed by atoms with E-state index in [1.165, 1.54) is 32.2 Å². The highest BCUT2D eigenvalue weighted by molar-refractivity contribution is 4.93. The van der Waals surface area contributed by atoms with Gasteiger partial charge in [-0.2, -0.15) is 0 Å². The van der Waals surface area contributed by atoms with Crippen molar-refractivity contribution in [2.24, 2.45) is 11.1 Å². The molecule has 2 unspecified atom stereocenters. The van der Waals surface area contributed by atoms with E-state index in [-0.39, 0.29) is 0 Å². The van der Waals surface area contributed by atoms with Gasteiger partial charge in [0.25, 0.3) is 0 Å². The summed E-state index contributed by atoms with van der Waals surface area (Å²) in [4.78, 5) is 4.90. The zero-order chi connectivity index (χ0) is 13.8. The summed E-state index contributed by atoms with van der Waals surface area (Å²) >= 11 is 0. The van der Waals surface area contributed by atoms with E-state index in [0.717, 1.165) is 13.1 Å². The van der Waals surface area contributed by atoms with Gasteiger partial charge in [-0.05, 0) is 51.7 Å². The summed E-state index contributed by atoms with van der Waals surface area (Å²) in [6, 6.07) is 0.945. The molecule has 1 aliphatic rings. The molecular weight excluding hydrogens is 222 g/mol. The van der Waals surface area contributed by atoms with Crippen LogP contribution in [0.4, 0.5) is 0 Å². The van der Waals surface area contributed by atoms with Crippen molar-refractivity contribution in [2.45, 2.75) is 58.5 Å². The van der Waals surface area contributed by atoms with Crippen LogP contribution in [0.1, 0.15) is 46.5 Å². The molecule has 18 heavy (non-hydrogen) atoms. The van der Waals surface area contributed by atoms with Gasteiger partial charge in [0, 0.05) is 25.2 Å². The molecule has 0 aromatic rings. The molecule has 0 spiro atoms. The van der Waals surface area contributed by atoms with Crippen molar-refractivity contribution < 1.29 is 0 Å². The van der Waals surface area contributed by atoms with Gasteiger partial charge in [-0.25, -0.2) is 0 Å². The minimum absolute atomic E-state index is 0.367. The van der Waals surface area contributed by atoms with Gasteiger partial charge in [0.05, 0.1) is 0 Å². The minimum Gasteiger partial charge on any atom is -0.326 e. The van der Waals surface area contributed by atoms with Crippen LogP contribution >= 0.6 is 0 Å². The quantitative estimate of drug-likeness (QED) is 0.789. The highest BCUT2D eigenvalue weighted by Crippen LogP contribution is 2.36. The summed E-state index contributed by atoms with van der Waals surface area (Å²) in [5.41, 5.74) is 6.85. The molecule has 0 bridgehead atoms. The number of hydrogen-bond donors (Lipinski definition) is 1. The molecule has 1 saturated carbocycles. The highest BCUT2D eigenvalue weighted by atomic mass is 15.2. The maximum Gasteiger partial charge on any atom is 0.0252 e. The zero-order valence-electron chi connectivity index (χ0n) is 13.1. The Bertz CT molecular complexity index is 238. The van der Waals surface area contributed by atoms with Gasteiger partial charge in [0.1, 0.15) is 0 Å². The lowest BCUT2D eigenvalue weighted by molar-refractivity contribution is 0.0728. The Hall–Kier alpha value is -0.120. The first-order chi connectivity index (χ1) is 8.35. The topological polar surface area (TPSA) is 32.5 Å². The summed E-state index contributed by atoms with van der Waals surface area (Å²) in [6.07, 6.45) is 4.93. The molecule has 108 valence electrons. The molecule has 3 nitrogen and oxygen atoms in total. The Morgan fingerprint density at radius 2 is 1.83 bits per heavy atom. The fourth-order valence-corrected chi connectivity index (χ4v) is 3.03. The zero-order valence-corrected chi connectivity index (χ0v) is 13.1. The van der Waals surface area contributed by atoms with Gasteiger partial charge in [-0.3, -0.25) is 4.90 Å².